The average Bonchev–Trinajstić information content (AvgIpc) is 3.04. The lowest BCUT2D eigenvalue weighted by molar-refractivity contribution is 0.194. The van der Waals surface area contributed by atoms with Crippen LogP contribution >= 0.6 is 12.4 Å². The summed E-state index contributed by atoms with van der Waals surface area (Å²) in [4.78, 5) is 2.65. The van der Waals surface area contributed by atoms with Gasteiger partial charge in [-0.25, -0.2) is 0 Å². The molecule has 3 aromatic rings. The van der Waals surface area contributed by atoms with Crippen LogP contribution in [0.2, 0.25) is 0 Å². The van der Waals surface area contributed by atoms with Crippen LogP contribution in [0.25, 0.3) is 5.57 Å². The monoisotopic (exact) mass is 594 g/mol. The molecule has 0 aliphatic carbocycles. The molecule has 2 N–H and O–H groups in total. The van der Waals surface area contributed by atoms with E-state index in [4.69, 9.17) is 24.1 Å². The molecular formula is C34H43ClN2O5. The first kappa shape index (κ1) is 31.7. The van der Waals surface area contributed by atoms with E-state index in [0.717, 1.165) is 75.4 Å². The van der Waals surface area contributed by atoms with Crippen LogP contribution in [0.4, 0.5) is 0 Å². The van der Waals surface area contributed by atoms with Crippen molar-refractivity contribution in [3.8, 4) is 23.0 Å². The first-order chi connectivity index (χ1) is 20.1. The second-order valence-electron chi connectivity index (χ2n) is 10.7. The summed E-state index contributed by atoms with van der Waals surface area (Å²) in [5.74, 6) is 3.21. The van der Waals surface area contributed by atoms with Crippen molar-refractivity contribution < 1.29 is 24.1 Å². The summed E-state index contributed by atoms with van der Waals surface area (Å²) in [5.41, 5.74) is 9.70. The zero-order valence-electron chi connectivity index (χ0n) is 25.2. The lowest BCUT2D eigenvalue weighted by Gasteiger charge is -2.43. The zero-order chi connectivity index (χ0) is 28.9. The van der Waals surface area contributed by atoms with E-state index >= 15 is 0 Å². The van der Waals surface area contributed by atoms with E-state index in [1.165, 1.54) is 39.0 Å². The van der Waals surface area contributed by atoms with Crippen molar-refractivity contribution in [1.29, 1.82) is 0 Å². The maximum atomic E-state index is 7.00. The van der Waals surface area contributed by atoms with E-state index in [1.54, 1.807) is 28.4 Å². The molecule has 3 aromatic carbocycles. The molecule has 0 amide bonds. The topological polar surface area (TPSA) is 72.4 Å². The van der Waals surface area contributed by atoms with Crippen LogP contribution in [0.3, 0.4) is 0 Å². The Morgan fingerprint density at radius 2 is 1.36 bits per heavy atom. The summed E-state index contributed by atoms with van der Waals surface area (Å²) < 4.78 is 22.6. The Morgan fingerprint density at radius 3 is 1.98 bits per heavy atom. The lowest BCUT2D eigenvalue weighted by atomic mass is 9.79. The Labute approximate surface area is 255 Å². The molecule has 8 heteroatoms. The van der Waals surface area contributed by atoms with Gasteiger partial charge in [0, 0.05) is 32.3 Å². The summed E-state index contributed by atoms with van der Waals surface area (Å²) in [6.45, 7) is 2.94. The van der Waals surface area contributed by atoms with Gasteiger partial charge >= 0.3 is 0 Å². The Bertz CT molecular complexity index is 1390. The SMILES string of the molecule is CO.COc1cc2c(cc1OC)C(CC1=C(c3ccccc3)CN3CCc4cc(OC)c(OC)cc4C3C1)NCC2.Cl. The minimum Gasteiger partial charge on any atom is -0.493 e. The number of ether oxygens (including phenoxy) is 4. The first-order valence-electron chi connectivity index (χ1n) is 14.3. The second-order valence-corrected chi connectivity index (χ2v) is 10.7. The van der Waals surface area contributed by atoms with Gasteiger partial charge < -0.3 is 29.4 Å². The smallest absolute Gasteiger partial charge is 0.161 e. The molecule has 0 aromatic heterocycles. The number of fused-ring (bicyclic) bond motifs is 4. The van der Waals surface area contributed by atoms with Gasteiger partial charge in [0.05, 0.1) is 28.4 Å². The molecule has 226 valence electrons. The molecule has 0 spiro atoms. The summed E-state index contributed by atoms with van der Waals surface area (Å²) in [6.07, 6.45) is 3.96. The third-order valence-electron chi connectivity index (χ3n) is 8.72. The van der Waals surface area contributed by atoms with Crippen molar-refractivity contribution in [2.45, 2.75) is 37.8 Å². The predicted molar refractivity (Wildman–Crippen MR) is 170 cm³/mol. The van der Waals surface area contributed by atoms with Crippen molar-refractivity contribution in [3.05, 3.63) is 88.0 Å². The number of hydrogen-bond acceptors (Lipinski definition) is 7. The molecule has 3 aliphatic heterocycles. The van der Waals surface area contributed by atoms with Gasteiger partial charge in [-0.1, -0.05) is 35.9 Å². The molecule has 6 rings (SSSR count). The van der Waals surface area contributed by atoms with Crippen LogP contribution in [0.5, 0.6) is 23.0 Å². The fraction of sp³-hybridized carbons (Fsp3) is 0.412. The molecule has 7 nitrogen and oxygen atoms in total. The van der Waals surface area contributed by atoms with Crippen LogP contribution in [0.1, 0.15) is 52.7 Å². The molecular weight excluding hydrogens is 552 g/mol. The third-order valence-corrected chi connectivity index (χ3v) is 8.72. The van der Waals surface area contributed by atoms with Crippen molar-refractivity contribution in [3.63, 3.8) is 0 Å². The molecule has 0 radical (unpaired) electrons. The van der Waals surface area contributed by atoms with Gasteiger partial charge in [-0.2, -0.15) is 0 Å². The van der Waals surface area contributed by atoms with E-state index in [2.05, 4.69) is 64.8 Å². The fourth-order valence-electron chi connectivity index (χ4n) is 6.72. The van der Waals surface area contributed by atoms with Crippen molar-refractivity contribution >= 4 is 18.0 Å². The lowest BCUT2D eigenvalue weighted by Crippen LogP contribution is -2.40. The predicted octanol–water partition coefficient (Wildman–Crippen LogP) is 5.79. The molecule has 0 saturated carbocycles. The maximum Gasteiger partial charge on any atom is 0.161 e. The number of hydrogen-bond donors (Lipinski definition) is 2. The van der Waals surface area contributed by atoms with Crippen LogP contribution in [0.15, 0.2) is 60.2 Å². The molecule has 2 atom stereocenters. The Kier molecular flexibility index (Phi) is 10.8. The zero-order valence-corrected chi connectivity index (χ0v) is 26.1. The number of nitrogens with zero attached hydrogens (tertiary/aromatic N) is 1. The second kappa shape index (κ2) is 14.3. The van der Waals surface area contributed by atoms with E-state index in [9.17, 15) is 0 Å². The van der Waals surface area contributed by atoms with E-state index in [0.29, 0.717) is 6.04 Å². The summed E-state index contributed by atoms with van der Waals surface area (Å²) in [6, 6.07) is 20.2. The molecule has 0 saturated heterocycles. The minimum absolute atomic E-state index is 0. The van der Waals surface area contributed by atoms with E-state index in [1.807, 2.05) is 0 Å². The third kappa shape index (κ3) is 6.11. The van der Waals surface area contributed by atoms with Crippen LogP contribution < -0.4 is 24.3 Å². The van der Waals surface area contributed by atoms with E-state index < -0.39 is 0 Å². The first-order valence-corrected chi connectivity index (χ1v) is 14.3. The van der Waals surface area contributed by atoms with Crippen molar-refractivity contribution in [2.75, 3.05) is 55.2 Å². The van der Waals surface area contributed by atoms with E-state index in [-0.39, 0.29) is 18.4 Å². The summed E-state index contributed by atoms with van der Waals surface area (Å²) in [5, 5.41) is 10.8. The van der Waals surface area contributed by atoms with Crippen molar-refractivity contribution in [2.24, 2.45) is 0 Å². The van der Waals surface area contributed by atoms with Gasteiger partial charge in [0.1, 0.15) is 0 Å². The highest BCUT2D eigenvalue weighted by Crippen LogP contribution is 2.47. The fourth-order valence-corrected chi connectivity index (χ4v) is 6.72. The summed E-state index contributed by atoms with van der Waals surface area (Å²) >= 11 is 0. The Hall–Kier alpha value is -3.23. The van der Waals surface area contributed by atoms with Gasteiger partial charge in [-0.05, 0) is 89.9 Å². The average molecular weight is 595 g/mol. The molecule has 2 unspecified atom stereocenters. The normalized spacial score (nSPS) is 19.2. The highest BCUT2D eigenvalue weighted by molar-refractivity contribution is 5.85. The van der Waals surface area contributed by atoms with Gasteiger partial charge in [0.15, 0.2) is 23.0 Å². The molecule has 42 heavy (non-hydrogen) atoms. The number of halogens is 1. The minimum atomic E-state index is 0. The van der Waals surface area contributed by atoms with Gasteiger partial charge in [-0.3, -0.25) is 4.90 Å². The highest BCUT2D eigenvalue weighted by atomic mass is 35.5. The Balaban J connectivity index is 0.00000132. The van der Waals surface area contributed by atoms with Crippen LogP contribution in [-0.4, -0.2) is 65.2 Å². The van der Waals surface area contributed by atoms with Crippen LogP contribution in [0, 0.1) is 0 Å². The quantitative estimate of drug-likeness (QED) is 0.359. The van der Waals surface area contributed by atoms with Crippen LogP contribution in [-0.2, 0) is 12.8 Å². The number of rotatable bonds is 7. The van der Waals surface area contributed by atoms with Gasteiger partial charge in [-0.15, -0.1) is 12.4 Å². The molecule has 0 bridgehead atoms. The number of aliphatic hydroxyl groups is 1. The number of benzene rings is 3. The van der Waals surface area contributed by atoms with Gasteiger partial charge in [0.2, 0.25) is 0 Å². The summed E-state index contributed by atoms with van der Waals surface area (Å²) in [7, 11) is 7.86. The maximum absolute atomic E-state index is 7.00. The number of methoxy groups -OCH3 is 4. The van der Waals surface area contributed by atoms with Gasteiger partial charge in [0.25, 0.3) is 0 Å². The molecule has 3 aliphatic rings. The molecule has 0 fully saturated rings. The number of aliphatic hydroxyl groups excluding tert-OH is 1. The standard InChI is InChI=1S/C33H38N2O4.CH4O.ClH/c1-36-30-16-22-10-12-34-28(25(22)18-32(30)38-3)14-24-15-29-26-19-33(39-4)31(37-2)17-23(26)11-13-35(29)20-27(24)21-8-6-5-7-9-21;1-2;/h5-9,16-19,28-29,34H,10-15,20H2,1-4H3;2H,1H3;1H. The molecule has 3 heterocycles. The highest BCUT2D eigenvalue weighted by Gasteiger charge is 2.36. The largest absolute Gasteiger partial charge is 0.493 e. The Morgan fingerprint density at radius 1 is 0.786 bits per heavy atom. The van der Waals surface area contributed by atoms with Crippen molar-refractivity contribution in [1.82, 2.24) is 10.2 Å². The number of nitrogens with one attached hydrogen (secondary N) is 1.